The Morgan fingerprint density at radius 3 is 2.12 bits per heavy atom. The molecule has 0 radical (unpaired) electrons. The van der Waals surface area contributed by atoms with Crippen molar-refractivity contribution >= 4 is 17.7 Å². The fourth-order valence-electron chi connectivity index (χ4n) is 4.95. The van der Waals surface area contributed by atoms with E-state index in [1.165, 1.54) is 32.1 Å². The summed E-state index contributed by atoms with van der Waals surface area (Å²) >= 11 is 1.95. The molecule has 2 nitrogen and oxygen atoms in total. The van der Waals surface area contributed by atoms with Gasteiger partial charge < -0.3 is 5.32 Å². The number of hydrogen-bond donors (Lipinski definition) is 1. The summed E-state index contributed by atoms with van der Waals surface area (Å²) in [6.45, 7) is 2.07. The molecule has 0 aromatic rings. The standard InChI is InChI=1S/C13H19NOS/c1-7-12(15)14-13(16-7)10-3-8-2-9(5-10)6-11(13)4-8/h7-11H,2-6H2,1H3,(H,14,15)/t7-,8?,9?,10?,11?,13?/m1/s1. The van der Waals surface area contributed by atoms with E-state index in [-0.39, 0.29) is 16.0 Å². The molecule has 1 atom stereocenters. The minimum absolute atomic E-state index is 0.157. The van der Waals surface area contributed by atoms with Gasteiger partial charge in [-0.25, -0.2) is 0 Å². The molecule has 1 amide bonds. The van der Waals surface area contributed by atoms with E-state index >= 15 is 0 Å². The number of thioether (sulfide) groups is 1. The van der Waals surface area contributed by atoms with Gasteiger partial charge in [-0.1, -0.05) is 0 Å². The minimum Gasteiger partial charge on any atom is -0.340 e. The van der Waals surface area contributed by atoms with Crippen molar-refractivity contribution in [2.24, 2.45) is 23.7 Å². The summed E-state index contributed by atoms with van der Waals surface area (Å²) in [5.74, 6) is 3.82. The Hall–Kier alpha value is -0.180. The Morgan fingerprint density at radius 2 is 1.69 bits per heavy atom. The van der Waals surface area contributed by atoms with E-state index in [2.05, 4.69) is 12.2 Å². The highest BCUT2D eigenvalue weighted by molar-refractivity contribution is 8.02. The topological polar surface area (TPSA) is 29.1 Å². The third-order valence-corrected chi connectivity index (χ3v) is 7.14. The van der Waals surface area contributed by atoms with Crippen molar-refractivity contribution < 1.29 is 4.79 Å². The van der Waals surface area contributed by atoms with Crippen LogP contribution in [0.2, 0.25) is 0 Å². The zero-order valence-electron chi connectivity index (χ0n) is 9.74. The van der Waals surface area contributed by atoms with Gasteiger partial charge in [0.1, 0.15) is 0 Å². The maximum atomic E-state index is 11.8. The van der Waals surface area contributed by atoms with Crippen LogP contribution in [-0.2, 0) is 4.79 Å². The molecule has 5 rings (SSSR count). The van der Waals surface area contributed by atoms with Gasteiger partial charge in [-0.05, 0) is 62.7 Å². The van der Waals surface area contributed by atoms with Crippen molar-refractivity contribution in [3.8, 4) is 0 Å². The Labute approximate surface area is 101 Å². The summed E-state index contributed by atoms with van der Waals surface area (Å²) in [6.07, 6.45) is 7.01. The molecule has 1 spiro atoms. The predicted molar refractivity (Wildman–Crippen MR) is 65.0 cm³/mol. The molecule has 16 heavy (non-hydrogen) atoms. The second kappa shape index (κ2) is 2.98. The van der Waals surface area contributed by atoms with Crippen LogP contribution in [0.4, 0.5) is 0 Å². The smallest absolute Gasteiger partial charge is 0.234 e. The van der Waals surface area contributed by atoms with Crippen LogP contribution in [0.25, 0.3) is 0 Å². The summed E-state index contributed by atoms with van der Waals surface area (Å²) in [6, 6.07) is 0. The normalized spacial score (nSPS) is 58.3. The van der Waals surface area contributed by atoms with Crippen LogP contribution in [-0.4, -0.2) is 16.0 Å². The highest BCUT2D eigenvalue weighted by atomic mass is 32.2. The zero-order valence-corrected chi connectivity index (χ0v) is 10.6. The average Bonchev–Trinajstić information content (AvgIpc) is 2.52. The molecule has 4 saturated carbocycles. The molecule has 0 unspecified atom stereocenters. The third-order valence-electron chi connectivity index (χ3n) is 5.41. The molecular weight excluding hydrogens is 218 g/mol. The van der Waals surface area contributed by atoms with E-state index in [0.717, 1.165) is 23.7 Å². The van der Waals surface area contributed by atoms with Gasteiger partial charge in [0.05, 0.1) is 10.1 Å². The molecular formula is C13H19NOS. The maximum absolute atomic E-state index is 11.8. The summed E-state index contributed by atoms with van der Waals surface area (Å²) in [7, 11) is 0. The molecule has 4 aliphatic carbocycles. The highest BCUT2D eigenvalue weighted by Gasteiger charge is 2.61. The fraction of sp³-hybridized carbons (Fsp3) is 0.923. The van der Waals surface area contributed by atoms with Crippen molar-refractivity contribution in [2.75, 3.05) is 0 Å². The quantitative estimate of drug-likeness (QED) is 0.701. The van der Waals surface area contributed by atoms with Crippen LogP contribution < -0.4 is 5.32 Å². The van der Waals surface area contributed by atoms with Gasteiger partial charge in [0.15, 0.2) is 0 Å². The molecule has 0 aromatic heterocycles. The van der Waals surface area contributed by atoms with Gasteiger partial charge in [0.2, 0.25) is 5.91 Å². The fourth-order valence-corrected chi connectivity index (χ4v) is 6.63. The van der Waals surface area contributed by atoms with Crippen molar-refractivity contribution in [3.63, 3.8) is 0 Å². The first-order valence-corrected chi connectivity index (χ1v) is 7.55. The molecule has 1 N–H and O–H groups in total. The molecule has 5 aliphatic rings. The largest absolute Gasteiger partial charge is 0.340 e. The lowest BCUT2D eigenvalue weighted by Gasteiger charge is -2.59. The average molecular weight is 237 g/mol. The van der Waals surface area contributed by atoms with E-state index in [4.69, 9.17) is 0 Å². The third kappa shape index (κ3) is 1.08. The van der Waals surface area contributed by atoms with Crippen LogP contribution in [0, 0.1) is 23.7 Å². The van der Waals surface area contributed by atoms with Crippen molar-refractivity contribution in [2.45, 2.75) is 49.1 Å². The number of carbonyl (C=O) groups excluding carboxylic acids is 1. The van der Waals surface area contributed by atoms with E-state index < -0.39 is 0 Å². The Balaban J connectivity index is 1.72. The SMILES string of the molecule is C[C@H]1SC2(NC1=O)C1CC3CC(C1)CC2C3. The second-order valence-corrected chi connectivity index (χ2v) is 7.97. The molecule has 1 saturated heterocycles. The second-order valence-electron chi connectivity index (χ2n) is 6.35. The lowest BCUT2D eigenvalue weighted by Crippen LogP contribution is -2.61. The zero-order chi connectivity index (χ0) is 10.9. The van der Waals surface area contributed by atoms with E-state index in [0.29, 0.717) is 0 Å². The van der Waals surface area contributed by atoms with Crippen LogP contribution in [0.5, 0.6) is 0 Å². The number of hydrogen-bond acceptors (Lipinski definition) is 2. The molecule has 3 heteroatoms. The number of nitrogens with one attached hydrogen (secondary N) is 1. The summed E-state index contributed by atoms with van der Waals surface area (Å²) in [4.78, 5) is 12.0. The van der Waals surface area contributed by atoms with Crippen LogP contribution >= 0.6 is 11.8 Å². The number of amides is 1. The Bertz CT molecular complexity index is 326. The first-order chi connectivity index (χ1) is 7.67. The van der Waals surface area contributed by atoms with Crippen molar-refractivity contribution in [1.82, 2.24) is 5.32 Å². The monoisotopic (exact) mass is 237 g/mol. The summed E-state index contributed by atoms with van der Waals surface area (Å²) in [5, 5.41) is 3.56. The summed E-state index contributed by atoms with van der Waals surface area (Å²) < 4.78 is 0. The van der Waals surface area contributed by atoms with Gasteiger partial charge in [-0.3, -0.25) is 4.79 Å². The molecule has 0 aromatic carbocycles. The molecule has 4 bridgehead atoms. The van der Waals surface area contributed by atoms with Crippen LogP contribution in [0.1, 0.15) is 39.0 Å². The van der Waals surface area contributed by atoms with Crippen LogP contribution in [0.3, 0.4) is 0 Å². The van der Waals surface area contributed by atoms with Crippen LogP contribution in [0.15, 0.2) is 0 Å². The first kappa shape index (κ1) is 9.81. The molecule has 1 aliphatic heterocycles. The van der Waals surface area contributed by atoms with Crippen molar-refractivity contribution in [3.05, 3.63) is 0 Å². The number of carbonyl (C=O) groups is 1. The Kier molecular flexibility index (Phi) is 1.83. The Morgan fingerprint density at radius 1 is 1.12 bits per heavy atom. The molecule has 88 valence electrons. The first-order valence-electron chi connectivity index (χ1n) is 6.67. The van der Waals surface area contributed by atoms with Gasteiger partial charge >= 0.3 is 0 Å². The van der Waals surface area contributed by atoms with E-state index in [1.807, 2.05) is 11.8 Å². The number of rotatable bonds is 0. The predicted octanol–water partition coefficient (Wildman–Crippen LogP) is 2.39. The lowest BCUT2D eigenvalue weighted by atomic mass is 9.53. The van der Waals surface area contributed by atoms with Gasteiger partial charge in [0.25, 0.3) is 0 Å². The lowest BCUT2D eigenvalue weighted by molar-refractivity contribution is -0.123. The van der Waals surface area contributed by atoms with Gasteiger partial charge in [0, 0.05) is 0 Å². The minimum atomic E-state index is 0.157. The molecule has 1 heterocycles. The van der Waals surface area contributed by atoms with Gasteiger partial charge in [-0.15, -0.1) is 11.8 Å². The molecule has 5 fully saturated rings. The van der Waals surface area contributed by atoms with E-state index in [1.54, 1.807) is 0 Å². The van der Waals surface area contributed by atoms with Crippen molar-refractivity contribution in [1.29, 1.82) is 0 Å². The summed E-state index contributed by atoms with van der Waals surface area (Å²) in [5.41, 5.74) is 0. The maximum Gasteiger partial charge on any atom is 0.234 e. The highest BCUT2D eigenvalue weighted by Crippen LogP contribution is 2.63. The van der Waals surface area contributed by atoms with E-state index in [9.17, 15) is 4.79 Å². The van der Waals surface area contributed by atoms with Gasteiger partial charge in [-0.2, -0.15) is 0 Å².